The fraction of sp³-hybridized carbons (Fsp3) is 0.167. The first-order valence-corrected chi connectivity index (χ1v) is 5.11. The van der Waals surface area contributed by atoms with Crippen LogP contribution in [-0.2, 0) is 0 Å². The van der Waals surface area contributed by atoms with Crippen LogP contribution < -0.4 is 16.1 Å². The Morgan fingerprint density at radius 2 is 1.82 bits per heavy atom. The summed E-state index contributed by atoms with van der Waals surface area (Å²) in [5.41, 5.74) is 0.693. The van der Waals surface area contributed by atoms with Crippen LogP contribution in [0.15, 0.2) is 39.9 Å². The quantitative estimate of drug-likeness (QED) is 0.823. The molecule has 1 aromatic carbocycles. The van der Waals surface area contributed by atoms with Gasteiger partial charge in [0.15, 0.2) is 0 Å². The number of nitrogens with one attached hydrogen (secondary N) is 1. The van der Waals surface area contributed by atoms with Gasteiger partial charge >= 0.3 is 5.69 Å². The predicted molar refractivity (Wildman–Crippen MR) is 64.0 cm³/mol. The largest absolute Gasteiger partial charge is 0.412 e. The molecule has 2 rings (SSSR count). The van der Waals surface area contributed by atoms with Crippen LogP contribution in [0.5, 0.6) is 0 Å². The molecule has 0 radical (unpaired) electrons. The number of benzene rings is 1. The molecule has 5 nitrogen and oxygen atoms in total. The van der Waals surface area contributed by atoms with Crippen molar-refractivity contribution in [3.8, 4) is 11.3 Å². The smallest absolute Gasteiger partial charge is 0.361 e. The highest BCUT2D eigenvalue weighted by Gasteiger charge is 2.13. The van der Waals surface area contributed by atoms with Gasteiger partial charge in [0, 0.05) is 11.1 Å². The van der Waals surface area contributed by atoms with Gasteiger partial charge in [-0.3, -0.25) is 9.78 Å². The lowest BCUT2D eigenvalue weighted by molar-refractivity contribution is 0.156. The van der Waals surface area contributed by atoms with E-state index in [4.69, 9.17) is 4.84 Å². The maximum atomic E-state index is 11.6. The van der Waals surface area contributed by atoms with Crippen LogP contribution in [0.25, 0.3) is 11.3 Å². The molecule has 1 heterocycles. The Kier molecular flexibility index (Phi) is 2.82. The van der Waals surface area contributed by atoms with E-state index in [1.54, 1.807) is 6.92 Å². The van der Waals surface area contributed by atoms with E-state index in [0.29, 0.717) is 11.3 Å². The predicted octanol–water partition coefficient (Wildman–Crippen LogP) is 0.570. The van der Waals surface area contributed by atoms with E-state index in [1.165, 1.54) is 7.11 Å². The van der Waals surface area contributed by atoms with Crippen LogP contribution in [0, 0.1) is 6.92 Å². The van der Waals surface area contributed by atoms with Crippen LogP contribution in [0.3, 0.4) is 0 Å². The van der Waals surface area contributed by atoms with E-state index in [-0.39, 0.29) is 0 Å². The molecule has 0 unspecified atom stereocenters. The first-order valence-electron chi connectivity index (χ1n) is 5.11. The summed E-state index contributed by atoms with van der Waals surface area (Å²) in [4.78, 5) is 30.4. The van der Waals surface area contributed by atoms with E-state index in [1.807, 2.05) is 30.3 Å². The van der Waals surface area contributed by atoms with Crippen LogP contribution >= 0.6 is 0 Å². The Labute approximate surface area is 97.3 Å². The third-order valence-electron chi connectivity index (χ3n) is 2.53. The number of rotatable bonds is 2. The molecule has 0 saturated heterocycles. The maximum absolute atomic E-state index is 11.6. The molecule has 5 heteroatoms. The van der Waals surface area contributed by atoms with Crippen LogP contribution in [-0.4, -0.2) is 16.8 Å². The van der Waals surface area contributed by atoms with E-state index in [0.717, 1.165) is 10.3 Å². The number of hydrogen-bond donors (Lipinski definition) is 1. The standard InChI is InChI=1S/C12H12N2O3/c1-8-10(9-6-4-3-5-7-9)14(17-2)12(16)13-11(8)15/h3-7H,1-2H3,(H,13,15,16). The molecule has 2 aromatic rings. The van der Waals surface area contributed by atoms with Gasteiger partial charge in [-0.05, 0) is 6.92 Å². The average Bonchev–Trinajstić information content (AvgIpc) is 2.34. The summed E-state index contributed by atoms with van der Waals surface area (Å²) in [5.74, 6) is 0. The first kappa shape index (κ1) is 11.2. The summed E-state index contributed by atoms with van der Waals surface area (Å²) in [6.07, 6.45) is 0. The van der Waals surface area contributed by atoms with Crippen LogP contribution in [0.1, 0.15) is 5.56 Å². The minimum Gasteiger partial charge on any atom is -0.412 e. The topological polar surface area (TPSA) is 64.1 Å². The molecule has 0 fully saturated rings. The normalized spacial score (nSPS) is 10.2. The summed E-state index contributed by atoms with van der Waals surface area (Å²) in [7, 11) is 1.38. The summed E-state index contributed by atoms with van der Waals surface area (Å²) < 4.78 is 1.08. The molecule has 1 N–H and O–H groups in total. The van der Waals surface area contributed by atoms with Gasteiger partial charge in [0.25, 0.3) is 5.56 Å². The molecular weight excluding hydrogens is 220 g/mol. The summed E-state index contributed by atoms with van der Waals surface area (Å²) in [5, 5.41) is 0. The van der Waals surface area contributed by atoms with Gasteiger partial charge in [0.2, 0.25) is 0 Å². The van der Waals surface area contributed by atoms with Gasteiger partial charge < -0.3 is 4.84 Å². The zero-order chi connectivity index (χ0) is 12.4. The van der Waals surface area contributed by atoms with E-state index in [2.05, 4.69) is 4.98 Å². The van der Waals surface area contributed by atoms with Crippen molar-refractivity contribution in [3.05, 3.63) is 56.7 Å². The van der Waals surface area contributed by atoms with Gasteiger partial charge in [-0.2, -0.15) is 0 Å². The van der Waals surface area contributed by atoms with E-state index < -0.39 is 11.2 Å². The third kappa shape index (κ3) is 1.87. The molecule has 0 saturated carbocycles. The number of aromatic nitrogens is 2. The first-order chi connectivity index (χ1) is 8.15. The van der Waals surface area contributed by atoms with Crippen molar-refractivity contribution in [2.75, 3.05) is 7.11 Å². The SMILES string of the molecule is COn1c(-c2ccccc2)c(C)c(=O)[nH]c1=O. The Morgan fingerprint density at radius 3 is 2.41 bits per heavy atom. The average molecular weight is 232 g/mol. The minimum absolute atomic E-state index is 0.401. The van der Waals surface area contributed by atoms with Gasteiger partial charge in [0.1, 0.15) is 12.8 Å². The Bertz CT molecular complexity index is 641. The Hall–Kier alpha value is -2.30. The molecule has 0 amide bonds. The van der Waals surface area contributed by atoms with Crippen LogP contribution in [0.2, 0.25) is 0 Å². The van der Waals surface area contributed by atoms with Gasteiger partial charge in [-0.1, -0.05) is 30.3 Å². The van der Waals surface area contributed by atoms with Gasteiger partial charge in [-0.25, -0.2) is 4.79 Å². The zero-order valence-corrected chi connectivity index (χ0v) is 9.56. The highest BCUT2D eigenvalue weighted by molar-refractivity contribution is 5.62. The summed E-state index contributed by atoms with van der Waals surface area (Å²) in [6, 6.07) is 9.16. The van der Waals surface area contributed by atoms with Crippen LogP contribution in [0.4, 0.5) is 0 Å². The molecule has 88 valence electrons. The van der Waals surface area contributed by atoms with Crippen molar-refractivity contribution in [2.24, 2.45) is 0 Å². The van der Waals surface area contributed by atoms with Crippen molar-refractivity contribution in [2.45, 2.75) is 6.92 Å². The molecule has 1 aromatic heterocycles. The van der Waals surface area contributed by atoms with Crippen molar-refractivity contribution in [1.82, 2.24) is 9.71 Å². The van der Waals surface area contributed by atoms with Crippen molar-refractivity contribution < 1.29 is 4.84 Å². The lowest BCUT2D eigenvalue weighted by atomic mass is 10.1. The molecule has 0 aliphatic carbocycles. The molecule has 0 spiro atoms. The minimum atomic E-state index is -0.582. The molecule has 0 aliphatic rings. The molecule has 0 atom stereocenters. The number of nitrogens with zero attached hydrogens (tertiary/aromatic N) is 1. The van der Waals surface area contributed by atoms with Crippen molar-refractivity contribution >= 4 is 0 Å². The summed E-state index contributed by atoms with van der Waals surface area (Å²) >= 11 is 0. The van der Waals surface area contributed by atoms with Gasteiger partial charge in [0.05, 0.1) is 0 Å². The highest BCUT2D eigenvalue weighted by atomic mass is 16.7. The van der Waals surface area contributed by atoms with E-state index in [9.17, 15) is 9.59 Å². The lowest BCUT2D eigenvalue weighted by Crippen LogP contribution is -2.35. The second-order valence-electron chi connectivity index (χ2n) is 3.58. The lowest BCUT2D eigenvalue weighted by Gasteiger charge is -2.12. The summed E-state index contributed by atoms with van der Waals surface area (Å²) in [6.45, 7) is 1.65. The Balaban J connectivity index is 2.85. The van der Waals surface area contributed by atoms with Gasteiger partial charge in [-0.15, -0.1) is 4.73 Å². The number of aromatic amines is 1. The van der Waals surface area contributed by atoms with Crippen molar-refractivity contribution in [3.63, 3.8) is 0 Å². The maximum Gasteiger partial charge on any atom is 0.361 e. The second kappa shape index (κ2) is 4.29. The fourth-order valence-electron chi connectivity index (χ4n) is 1.71. The third-order valence-corrected chi connectivity index (χ3v) is 2.53. The number of hydrogen-bond acceptors (Lipinski definition) is 3. The monoisotopic (exact) mass is 232 g/mol. The highest BCUT2D eigenvalue weighted by Crippen LogP contribution is 2.18. The molecule has 0 aliphatic heterocycles. The van der Waals surface area contributed by atoms with E-state index >= 15 is 0 Å². The second-order valence-corrected chi connectivity index (χ2v) is 3.58. The Morgan fingerprint density at radius 1 is 1.18 bits per heavy atom. The molecule has 0 bridgehead atoms. The zero-order valence-electron chi connectivity index (χ0n) is 9.56. The molecule has 17 heavy (non-hydrogen) atoms. The van der Waals surface area contributed by atoms with Crippen molar-refractivity contribution in [1.29, 1.82) is 0 Å². The molecular formula is C12H12N2O3. The fourth-order valence-corrected chi connectivity index (χ4v) is 1.71. The number of H-pyrrole nitrogens is 1.